The van der Waals surface area contributed by atoms with E-state index in [9.17, 15) is 19.8 Å². The average Bonchev–Trinajstić information content (AvgIpc) is 2.88. The van der Waals surface area contributed by atoms with Crippen LogP contribution in [0, 0.1) is 0 Å². The number of hydrogen-bond donors (Lipinski definition) is 3. The van der Waals surface area contributed by atoms with Gasteiger partial charge >= 0.3 is 5.97 Å². The molecule has 0 saturated carbocycles. The van der Waals surface area contributed by atoms with Gasteiger partial charge in [0.1, 0.15) is 23.8 Å². The van der Waals surface area contributed by atoms with Crippen molar-refractivity contribution < 1.29 is 29.3 Å². The molecular weight excluding hydrogens is 460 g/mol. The number of aromatic carboxylic acids is 1. The van der Waals surface area contributed by atoms with Gasteiger partial charge in [0.25, 0.3) is 5.91 Å². The molecule has 184 valence electrons. The number of ether oxygens (including phenoxy) is 2. The van der Waals surface area contributed by atoms with E-state index >= 15 is 0 Å². The number of hydrogen-bond acceptors (Lipinski definition) is 6. The van der Waals surface area contributed by atoms with E-state index in [0.29, 0.717) is 23.1 Å². The van der Waals surface area contributed by atoms with Crippen molar-refractivity contribution in [2.45, 2.75) is 19.1 Å². The van der Waals surface area contributed by atoms with Crippen molar-refractivity contribution in [2.75, 3.05) is 13.7 Å². The van der Waals surface area contributed by atoms with Gasteiger partial charge in [-0.25, -0.2) is 9.78 Å². The largest absolute Gasteiger partial charge is 0.508 e. The van der Waals surface area contributed by atoms with Gasteiger partial charge in [-0.1, -0.05) is 36.4 Å². The number of phenolic OH excluding ortho intramolecular Hbond substituents is 1. The molecule has 0 unspecified atom stereocenters. The standard InChI is InChI=1S/C28H26N2O6/c1-35-17-20(13-18-7-10-21(31)11-8-18)29-27(32)26-15-24(28(33)34)23-14-19(9-12-25(23)30-26)16-36-22-5-3-2-4-6-22/h2-12,14-15,20,31H,13,16-17H2,1H3,(H,29,32)(H,33,34)/t20-/m0/s1. The fourth-order valence-electron chi connectivity index (χ4n) is 3.87. The van der Waals surface area contributed by atoms with Crippen LogP contribution < -0.4 is 10.1 Å². The maximum absolute atomic E-state index is 13.0. The Kier molecular flexibility index (Phi) is 7.77. The number of phenols is 1. The van der Waals surface area contributed by atoms with Gasteiger partial charge in [0.05, 0.1) is 23.7 Å². The van der Waals surface area contributed by atoms with E-state index in [-0.39, 0.29) is 36.3 Å². The van der Waals surface area contributed by atoms with E-state index in [1.807, 2.05) is 30.3 Å². The molecule has 0 bridgehead atoms. The van der Waals surface area contributed by atoms with Gasteiger partial charge < -0.3 is 25.0 Å². The third-order valence-electron chi connectivity index (χ3n) is 5.61. The van der Waals surface area contributed by atoms with Crippen molar-refractivity contribution in [3.63, 3.8) is 0 Å². The monoisotopic (exact) mass is 486 g/mol. The van der Waals surface area contributed by atoms with E-state index in [1.165, 1.54) is 13.2 Å². The molecule has 0 radical (unpaired) electrons. The lowest BCUT2D eigenvalue weighted by atomic mass is 10.0. The highest BCUT2D eigenvalue weighted by Gasteiger charge is 2.20. The van der Waals surface area contributed by atoms with Gasteiger partial charge in [-0.3, -0.25) is 4.79 Å². The van der Waals surface area contributed by atoms with E-state index in [0.717, 1.165) is 11.1 Å². The first kappa shape index (κ1) is 24.7. The van der Waals surface area contributed by atoms with Crippen LogP contribution >= 0.6 is 0 Å². The maximum atomic E-state index is 13.0. The van der Waals surface area contributed by atoms with Gasteiger partial charge in [-0.15, -0.1) is 0 Å². The lowest BCUT2D eigenvalue weighted by Gasteiger charge is -2.18. The summed E-state index contributed by atoms with van der Waals surface area (Å²) in [4.78, 5) is 29.5. The first-order valence-corrected chi connectivity index (χ1v) is 11.4. The molecule has 0 spiro atoms. The molecule has 1 heterocycles. The topological polar surface area (TPSA) is 118 Å². The molecule has 1 atom stereocenters. The molecular formula is C28H26N2O6. The minimum Gasteiger partial charge on any atom is -0.508 e. The number of nitrogens with zero attached hydrogens (tertiary/aromatic N) is 1. The molecule has 0 fully saturated rings. The molecule has 1 aromatic heterocycles. The summed E-state index contributed by atoms with van der Waals surface area (Å²) in [5.41, 5.74) is 2.05. The molecule has 8 heteroatoms. The van der Waals surface area contributed by atoms with Gasteiger partial charge in [-0.2, -0.15) is 0 Å². The fraction of sp³-hybridized carbons (Fsp3) is 0.179. The second kappa shape index (κ2) is 11.3. The molecule has 4 rings (SSSR count). The fourth-order valence-corrected chi connectivity index (χ4v) is 3.87. The first-order chi connectivity index (χ1) is 17.4. The van der Waals surface area contributed by atoms with Crippen LogP contribution in [-0.4, -0.2) is 46.8 Å². The Labute approximate surface area is 208 Å². The second-order valence-electron chi connectivity index (χ2n) is 8.31. The van der Waals surface area contributed by atoms with E-state index < -0.39 is 11.9 Å². The highest BCUT2D eigenvalue weighted by molar-refractivity contribution is 6.06. The SMILES string of the molecule is COC[C@H](Cc1ccc(O)cc1)NC(=O)c1cc(C(=O)O)c2cc(COc3ccccc3)ccc2n1. The predicted molar refractivity (Wildman–Crippen MR) is 134 cm³/mol. The number of carboxylic acid groups (broad SMARTS) is 1. The van der Waals surface area contributed by atoms with Gasteiger partial charge in [0.2, 0.25) is 0 Å². The quantitative estimate of drug-likeness (QED) is 0.307. The van der Waals surface area contributed by atoms with Crippen LogP contribution in [0.15, 0.2) is 78.9 Å². The predicted octanol–water partition coefficient (Wildman–Crippen LogP) is 4.21. The number of aromatic hydroxyl groups is 1. The Balaban J connectivity index is 1.55. The van der Waals surface area contributed by atoms with Crippen LogP contribution in [0.4, 0.5) is 0 Å². The molecule has 36 heavy (non-hydrogen) atoms. The number of amides is 1. The first-order valence-electron chi connectivity index (χ1n) is 11.4. The molecule has 0 aliphatic heterocycles. The lowest BCUT2D eigenvalue weighted by molar-refractivity contribution is 0.0699. The van der Waals surface area contributed by atoms with Crippen LogP contribution in [0.5, 0.6) is 11.5 Å². The van der Waals surface area contributed by atoms with Crippen molar-refractivity contribution >= 4 is 22.8 Å². The minimum atomic E-state index is -1.16. The Hall–Kier alpha value is -4.43. The third-order valence-corrected chi connectivity index (χ3v) is 5.61. The number of carbonyl (C=O) groups is 2. The smallest absolute Gasteiger partial charge is 0.336 e. The highest BCUT2D eigenvalue weighted by atomic mass is 16.5. The number of methoxy groups -OCH3 is 1. The molecule has 1 amide bonds. The van der Waals surface area contributed by atoms with E-state index in [4.69, 9.17) is 9.47 Å². The molecule has 0 aliphatic rings. The summed E-state index contributed by atoms with van der Waals surface area (Å²) in [7, 11) is 1.53. The number of carbonyl (C=O) groups excluding carboxylic acids is 1. The number of nitrogens with one attached hydrogen (secondary N) is 1. The van der Waals surface area contributed by atoms with Crippen molar-refractivity contribution in [3.8, 4) is 11.5 Å². The summed E-state index contributed by atoms with van der Waals surface area (Å²) in [6.45, 7) is 0.508. The number of carboxylic acids is 1. The number of benzene rings is 3. The number of rotatable bonds is 10. The summed E-state index contributed by atoms with van der Waals surface area (Å²) in [6, 6.07) is 22.1. The summed E-state index contributed by atoms with van der Waals surface area (Å²) in [6.07, 6.45) is 0.462. The van der Waals surface area contributed by atoms with Crippen molar-refractivity contribution in [1.82, 2.24) is 10.3 Å². The van der Waals surface area contributed by atoms with Gasteiger partial charge in [0, 0.05) is 12.5 Å². The number of pyridine rings is 1. The van der Waals surface area contributed by atoms with Crippen LogP contribution in [0.2, 0.25) is 0 Å². The second-order valence-corrected chi connectivity index (χ2v) is 8.31. The molecule has 3 N–H and O–H groups in total. The maximum Gasteiger partial charge on any atom is 0.336 e. The Morgan fingerprint density at radius 1 is 0.972 bits per heavy atom. The van der Waals surface area contributed by atoms with Crippen molar-refractivity contribution in [3.05, 3.63) is 101 Å². The van der Waals surface area contributed by atoms with E-state index in [2.05, 4.69) is 10.3 Å². The zero-order chi connectivity index (χ0) is 25.5. The normalized spacial score (nSPS) is 11.7. The van der Waals surface area contributed by atoms with Crippen LogP contribution in [0.25, 0.3) is 10.9 Å². The lowest BCUT2D eigenvalue weighted by Crippen LogP contribution is -2.40. The summed E-state index contributed by atoms with van der Waals surface area (Å²) in [5.74, 6) is -0.798. The number of aromatic nitrogens is 1. The molecule has 3 aromatic carbocycles. The Morgan fingerprint density at radius 3 is 2.39 bits per heavy atom. The summed E-state index contributed by atoms with van der Waals surface area (Å²) >= 11 is 0. The van der Waals surface area contributed by atoms with Crippen molar-refractivity contribution in [2.24, 2.45) is 0 Å². The summed E-state index contributed by atoms with van der Waals surface area (Å²) < 4.78 is 11.0. The van der Waals surface area contributed by atoms with Crippen LogP contribution in [-0.2, 0) is 17.8 Å². The molecule has 0 saturated heterocycles. The molecule has 0 aliphatic carbocycles. The molecule has 8 nitrogen and oxygen atoms in total. The zero-order valence-electron chi connectivity index (χ0n) is 19.7. The van der Waals surface area contributed by atoms with Crippen LogP contribution in [0.3, 0.4) is 0 Å². The van der Waals surface area contributed by atoms with Gasteiger partial charge in [0.15, 0.2) is 0 Å². The van der Waals surface area contributed by atoms with Gasteiger partial charge in [-0.05, 0) is 60.0 Å². The van der Waals surface area contributed by atoms with Crippen molar-refractivity contribution in [1.29, 1.82) is 0 Å². The number of fused-ring (bicyclic) bond motifs is 1. The minimum absolute atomic E-state index is 0.00000487. The molecule has 4 aromatic rings. The van der Waals surface area contributed by atoms with Crippen LogP contribution in [0.1, 0.15) is 32.0 Å². The Bertz CT molecular complexity index is 1360. The highest BCUT2D eigenvalue weighted by Crippen LogP contribution is 2.22. The third kappa shape index (κ3) is 6.17. The van der Waals surface area contributed by atoms with E-state index in [1.54, 1.807) is 42.5 Å². The number of para-hydroxylation sites is 1. The Morgan fingerprint density at radius 2 is 1.69 bits per heavy atom. The average molecular weight is 487 g/mol. The zero-order valence-corrected chi connectivity index (χ0v) is 19.7. The summed E-state index contributed by atoms with van der Waals surface area (Å²) in [5, 5.41) is 22.6.